The van der Waals surface area contributed by atoms with Gasteiger partial charge in [0, 0.05) is 12.2 Å². The highest BCUT2D eigenvalue weighted by Gasteiger charge is 2.28. The van der Waals surface area contributed by atoms with Crippen LogP contribution in [-0.4, -0.2) is 27.0 Å². The van der Waals surface area contributed by atoms with Crippen LogP contribution < -0.4 is 10.9 Å². The van der Waals surface area contributed by atoms with Crippen molar-refractivity contribution in [3.05, 3.63) is 99.6 Å². The van der Waals surface area contributed by atoms with Crippen LogP contribution in [0.4, 0.5) is 10.5 Å². The standard InChI is InChI=1S/C29H32N4O2/c1-6-26(32(7-2)29(35)30-22-15-12-19(3)13-16-22)27-31-25-11-9-8-10-24(25)28(34)33(27)23-17-14-20(4)21(5)18-23/h8-18,26H,6-7H2,1-5H3,(H,30,35). The van der Waals surface area contributed by atoms with Crippen molar-refractivity contribution in [2.45, 2.75) is 47.1 Å². The fourth-order valence-electron chi connectivity index (χ4n) is 4.37. The first-order valence-electron chi connectivity index (χ1n) is 12.1. The quantitative estimate of drug-likeness (QED) is 0.360. The molecule has 2 amide bonds. The Bertz CT molecular complexity index is 1420. The number of aromatic nitrogens is 2. The predicted molar refractivity (Wildman–Crippen MR) is 142 cm³/mol. The minimum Gasteiger partial charge on any atom is -0.315 e. The van der Waals surface area contributed by atoms with E-state index in [1.54, 1.807) is 15.5 Å². The first-order valence-corrected chi connectivity index (χ1v) is 12.1. The molecule has 0 aliphatic heterocycles. The number of aryl methyl sites for hydroxylation is 3. The van der Waals surface area contributed by atoms with Crippen molar-refractivity contribution in [3.63, 3.8) is 0 Å². The minimum atomic E-state index is -0.399. The Hall–Kier alpha value is -3.93. The Kier molecular flexibility index (Phi) is 7.01. The van der Waals surface area contributed by atoms with Crippen LogP contribution in [0.5, 0.6) is 0 Å². The number of para-hydroxylation sites is 1. The van der Waals surface area contributed by atoms with Crippen LogP contribution in [0.3, 0.4) is 0 Å². The molecule has 4 aromatic rings. The summed E-state index contributed by atoms with van der Waals surface area (Å²) in [7, 11) is 0. The molecular formula is C29H32N4O2. The van der Waals surface area contributed by atoms with E-state index >= 15 is 0 Å². The number of rotatable bonds is 6. The molecule has 0 saturated heterocycles. The number of amides is 2. The van der Waals surface area contributed by atoms with E-state index in [4.69, 9.17) is 4.98 Å². The molecule has 0 fully saturated rings. The molecule has 0 aliphatic carbocycles. The van der Waals surface area contributed by atoms with Gasteiger partial charge in [0.05, 0.1) is 22.6 Å². The smallest absolute Gasteiger partial charge is 0.315 e. The van der Waals surface area contributed by atoms with Crippen LogP contribution in [-0.2, 0) is 0 Å². The molecule has 6 nitrogen and oxygen atoms in total. The number of fused-ring (bicyclic) bond motifs is 1. The summed E-state index contributed by atoms with van der Waals surface area (Å²) < 4.78 is 1.67. The van der Waals surface area contributed by atoms with Gasteiger partial charge in [-0.1, -0.05) is 42.8 Å². The number of urea groups is 1. The number of hydrogen-bond acceptors (Lipinski definition) is 3. The van der Waals surface area contributed by atoms with Gasteiger partial charge in [0.15, 0.2) is 0 Å². The average molecular weight is 469 g/mol. The molecule has 1 atom stereocenters. The second-order valence-corrected chi connectivity index (χ2v) is 8.90. The molecule has 1 heterocycles. The van der Waals surface area contributed by atoms with E-state index in [1.807, 2.05) is 95.3 Å². The SMILES string of the molecule is CCC(c1nc2ccccc2c(=O)n1-c1ccc(C)c(C)c1)N(CC)C(=O)Nc1ccc(C)cc1. The van der Waals surface area contributed by atoms with Gasteiger partial charge in [-0.25, -0.2) is 9.78 Å². The maximum Gasteiger partial charge on any atom is 0.322 e. The maximum atomic E-state index is 13.8. The van der Waals surface area contributed by atoms with Gasteiger partial charge in [0.25, 0.3) is 5.56 Å². The van der Waals surface area contributed by atoms with Gasteiger partial charge in [-0.3, -0.25) is 9.36 Å². The number of carbonyl (C=O) groups is 1. The van der Waals surface area contributed by atoms with E-state index in [0.29, 0.717) is 29.7 Å². The van der Waals surface area contributed by atoms with E-state index in [-0.39, 0.29) is 11.6 Å². The van der Waals surface area contributed by atoms with Gasteiger partial charge in [-0.15, -0.1) is 0 Å². The highest BCUT2D eigenvalue weighted by molar-refractivity contribution is 5.89. The normalized spacial score (nSPS) is 11.9. The van der Waals surface area contributed by atoms with Gasteiger partial charge in [0.1, 0.15) is 5.82 Å². The topological polar surface area (TPSA) is 67.2 Å². The Morgan fingerprint density at radius 1 is 0.971 bits per heavy atom. The summed E-state index contributed by atoms with van der Waals surface area (Å²) in [6, 6.07) is 20.4. The summed E-state index contributed by atoms with van der Waals surface area (Å²) in [5, 5.41) is 3.56. The lowest BCUT2D eigenvalue weighted by molar-refractivity contribution is 0.185. The molecule has 0 aliphatic rings. The second kappa shape index (κ2) is 10.1. The molecular weight excluding hydrogens is 436 g/mol. The Balaban J connectivity index is 1.86. The summed E-state index contributed by atoms with van der Waals surface area (Å²) in [6.45, 7) is 10.5. The van der Waals surface area contributed by atoms with Crippen molar-refractivity contribution in [1.29, 1.82) is 0 Å². The van der Waals surface area contributed by atoms with E-state index in [0.717, 1.165) is 28.1 Å². The molecule has 1 unspecified atom stereocenters. The monoisotopic (exact) mass is 468 g/mol. The highest BCUT2D eigenvalue weighted by atomic mass is 16.2. The van der Waals surface area contributed by atoms with Gasteiger partial charge in [-0.2, -0.15) is 0 Å². The Morgan fingerprint density at radius 2 is 1.69 bits per heavy atom. The van der Waals surface area contributed by atoms with Crippen LogP contribution in [0.25, 0.3) is 16.6 Å². The molecule has 1 N–H and O–H groups in total. The summed E-state index contributed by atoms with van der Waals surface area (Å²) in [6.07, 6.45) is 0.602. The largest absolute Gasteiger partial charge is 0.322 e. The predicted octanol–water partition coefficient (Wildman–Crippen LogP) is 6.32. The lowest BCUT2D eigenvalue weighted by atomic mass is 10.1. The zero-order valence-corrected chi connectivity index (χ0v) is 21.0. The molecule has 35 heavy (non-hydrogen) atoms. The fourth-order valence-corrected chi connectivity index (χ4v) is 4.37. The molecule has 6 heteroatoms. The molecule has 0 saturated carbocycles. The number of anilines is 1. The van der Waals surface area contributed by atoms with E-state index < -0.39 is 6.04 Å². The second-order valence-electron chi connectivity index (χ2n) is 8.90. The summed E-state index contributed by atoms with van der Waals surface area (Å²) in [4.78, 5) is 33.9. The summed E-state index contributed by atoms with van der Waals surface area (Å²) in [5.41, 5.74) is 5.33. The maximum absolute atomic E-state index is 13.8. The third-order valence-corrected chi connectivity index (χ3v) is 6.52. The van der Waals surface area contributed by atoms with Gasteiger partial charge in [-0.05, 0) is 81.6 Å². The zero-order valence-electron chi connectivity index (χ0n) is 21.0. The average Bonchev–Trinajstić information content (AvgIpc) is 2.85. The van der Waals surface area contributed by atoms with Gasteiger partial charge >= 0.3 is 6.03 Å². The number of nitrogens with one attached hydrogen (secondary N) is 1. The zero-order chi connectivity index (χ0) is 25.1. The molecule has 3 aromatic carbocycles. The van der Waals surface area contributed by atoms with E-state index in [2.05, 4.69) is 5.32 Å². The van der Waals surface area contributed by atoms with Crippen LogP contribution in [0.2, 0.25) is 0 Å². The van der Waals surface area contributed by atoms with Crippen LogP contribution >= 0.6 is 0 Å². The molecule has 180 valence electrons. The number of benzene rings is 3. The lowest BCUT2D eigenvalue weighted by Gasteiger charge is -2.31. The Labute approximate surface area is 206 Å². The van der Waals surface area contributed by atoms with Crippen LogP contribution in [0.15, 0.2) is 71.5 Å². The number of hydrogen-bond donors (Lipinski definition) is 1. The van der Waals surface area contributed by atoms with E-state index in [1.165, 1.54) is 0 Å². The first-order chi connectivity index (χ1) is 16.8. The fraction of sp³-hybridized carbons (Fsp3) is 0.276. The number of nitrogens with zero attached hydrogens (tertiary/aromatic N) is 3. The molecule has 0 bridgehead atoms. The summed E-state index contributed by atoms with van der Waals surface area (Å²) in [5.74, 6) is 0.556. The van der Waals surface area contributed by atoms with Crippen molar-refractivity contribution in [2.75, 3.05) is 11.9 Å². The highest BCUT2D eigenvalue weighted by Crippen LogP contribution is 2.27. The molecule has 1 aromatic heterocycles. The number of carbonyl (C=O) groups excluding carboxylic acids is 1. The van der Waals surface area contributed by atoms with E-state index in [9.17, 15) is 9.59 Å². The van der Waals surface area contributed by atoms with Gasteiger partial charge < -0.3 is 10.2 Å². The van der Waals surface area contributed by atoms with Crippen molar-refractivity contribution >= 4 is 22.6 Å². The third kappa shape index (κ3) is 4.83. The Morgan fingerprint density at radius 3 is 2.34 bits per heavy atom. The molecule has 4 rings (SSSR count). The summed E-state index contributed by atoms with van der Waals surface area (Å²) >= 11 is 0. The van der Waals surface area contributed by atoms with Crippen molar-refractivity contribution < 1.29 is 4.79 Å². The van der Waals surface area contributed by atoms with Crippen LogP contribution in [0, 0.1) is 20.8 Å². The first kappa shape index (κ1) is 24.2. The van der Waals surface area contributed by atoms with Crippen molar-refractivity contribution in [1.82, 2.24) is 14.5 Å². The van der Waals surface area contributed by atoms with Crippen molar-refractivity contribution in [2.24, 2.45) is 0 Å². The molecule has 0 radical (unpaired) electrons. The molecule has 0 spiro atoms. The van der Waals surface area contributed by atoms with Crippen molar-refractivity contribution in [3.8, 4) is 5.69 Å². The van der Waals surface area contributed by atoms with Gasteiger partial charge in [0.2, 0.25) is 0 Å². The third-order valence-electron chi connectivity index (χ3n) is 6.52. The lowest BCUT2D eigenvalue weighted by Crippen LogP contribution is -2.40. The minimum absolute atomic E-state index is 0.137. The van der Waals surface area contributed by atoms with Crippen LogP contribution in [0.1, 0.15) is 48.8 Å².